The molecule has 3 N–H and O–H groups in total. The number of urea groups is 1. The molecule has 0 heterocycles. The Bertz CT molecular complexity index is 629. The van der Waals surface area contributed by atoms with Crippen LogP contribution >= 0.6 is 0 Å². The maximum atomic E-state index is 12.0. The van der Waals surface area contributed by atoms with Crippen molar-refractivity contribution in [3.63, 3.8) is 0 Å². The third-order valence-electron chi connectivity index (χ3n) is 4.90. The topological polar surface area (TPSA) is 90.9 Å². The van der Waals surface area contributed by atoms with E-state index in [-0.39, 0.29) is 24.7 Å². The van der Waals surface area contributed by atoms with Gasteiger partial charge in [0.2, 0.25) is 0 Å². The number of carboxylic acid groups (broad SMARTS) is 1. The lowest BCUT2D eigenvalue weighted by atomic mass is 9.85. The molecule has 0 saturated heterocycles. The van der Waals surface area contributed by atoms with E-state index in [0.29, 0.717) is 25.6 Å². The average Bonchev–Trinajstić information content (AvgIpc) is 2.59. The van der Waals surface area contributed by atoms with E-state index >= 15 is 0 Å². The fourth-order valence-corrected chi connectivity index (χ4v) is 3.33. The minimum absolute atomic E-state index is 0.0509. The maximum absolute atomic E-state index is 12.0. The number of nitrogens with one attached hydrogen (secondary N) is 2. The van der Waals surface area contributed by atoms with Crippen molar-refractivity contribution in [1.29, 1.82) is 0 Å². The fourth-order valence-electron chi connectivity index (χ4n) is 3.33. The molecule has 150 valence electrons. The molecule has 2 rings (SSSR count). The number of carboxylic acids is 1. The normalized spacial score (nSPS) is 18.9. The highest BCUT2D eigenvalue weighted by Gasteiger charge is 2.34. The van der Waals surface area contributed by atoms with E-state index in [2.05, 4.69) is 30.5 Å². The summed E-state index contributed by atoms with van der Waals surface area (Å²) in [6.45, 7) is 7.78. The molecule has 1 aromatic carbocycles. The van der Waals surface area contributed by atoms with E-state index < -0.39 is 5.97 Å². The molecule has 7 heteroatoms. The molecular weight excluding hydrogens is 346 g/mol. The van der Waals surface area contributed by atoms with Crippen molar-refractivity contribution in [2.24, 2.45) is 0 Å². The first kappa shape index (κ1) is 21.0. The summed E-state index contributed by atoms with van der Waals surface area (Å²) in [5.41, 5.74) is 1.16. The summed E-state index contributed by atoms with van der Waals surface area (Å²) in [5.74, 6) is 0.424. The smallest absolute Gasteiger partial charge is 0.317 e. The van der Waals surface area contributed by atoms with Gasteiger partial charge < -0.3 is 20.5 Å². The molecule has 7 nitrogen and oxygen atoms in total. The summed E-state index contributed by atoms with van der Waals surface area (Å²) in [6.07, 6.45) is 1.57. The Morgan fingerprint density at radius 2 is 2.00 bits per heavy atom. The van der Waals surface area contributed by atoms with Gasteiger partial charge in [0, 0.05) is 12.1 Å². The van der Waals surface area contributed by atoms with E-state index in [9.17, 15) is 9.59 Å². The number of hydrogen-bond donors (Lipinski definition) is 3. The molecule has 1 fully saturated rings. The van der Waals surface area contributed by atoms with Crippen LogP contribution in [0.5, 0.6) is 5.75 Å². The van der Waals surface area contributed by atoms with Crippen LogP contribution in [0.1, 0.15) is 45.1 Å². The van der Waals surface area contributed by atoms with E-state index in [1.54, 1.807) is 0 Å². The van der Waals surface area contributed by atoms with Gasteiger partial charge in [-0.3, -0.25) is 9.69 Å². The monoisotopic (exact) mass is 377 g/mol. The summed E-state index contributed by atoms with van der Waals surface area (Å²) in [7, 11) is 0. The van der Waals surface area contributed by atoms with Crippen molar-refractivity contribution in [1.82, 2.24) is 15.5 Å². The first-order valence-electron chi connectivity index (χ1n) is 9.62. The second-order valence-corrected chi connectivity index (χ2v) is 7.22. The summed E-state index contributed by atoms with van der Waals surface area (Å²) >= 11 is 0. The lowest BCUT2D eigenvalue weighted by molar-refractivity contribution is -0.139. The number of rotatable bonds is 10. The average molecular weight is 377 g/mol. The quantitative estimate of drug-likeness (QED) is 0.545. The van der Waals surface area contributed by atoms with Crippen LogP contribution in [0.15, 0.2) is 24.3 Å². The largest absolute Gasteiger partial charge is 0.491 e. The number of carbonyl (C=O) groups is 2. The third-order valence-corrected chi connectivity index (χ3v) is 4.90. The molecular formula is C20H31N3O4. The summed E-state index contributed by atoms with van der Waals surface area (Å²) in [5, 5.41) is 14.6. The van der Waals surface area contributed by atoms with E-state index in [1.807, 2.05) is 30.0 Å². The van der Waals surface area contributed by atoms with Crippen LogP contribution < -0.4 is 15.4 Å². The molecule has 2 amide bonds. The van der Waals surface area contributed by atoms with Crippen LogP contribution in [0.2, 0.25) is 0 Å². The van der Waals surface area contributed by atoms with Crippen LogP contribution in [0.3, 0.4) is 0 Å². The van der Waals surface area contributed by atoms with Crippen LogP contribution in [0, 0.1) is 0 Å². The number of carbonyl (C=O) groups excluding carboxylic acids is 1. The van der Waals surface area contributed by atoms with Crippen LogP contribution in [-0.4, -0.2) is 60.3 Å². The molecule has 0 unspecified atom stereocenters. The van der Waals surface area contributed by atoms with E-state index in [0.717, 1.165) is 24.2 Å². The number of likely N-dealkylation sites (N-methyl/N-ethyl adjacent to an activating group) is 1. The first-order valence-corrected chi connectivity index (χ1v) is 9.62. The van der Waals surface area contributed by atoms with Gasteiger partial charge in [0.05, 0.1) is 13.1 Å². The van der Waals surface area contributed by atoms with Gasteiger partial charge in [-0.25, -0.2) is 4.79 Å². The minimum Gasteiger partial charge on any atom is -0.491 e. The van der Waals surface area contributed by atoms with Gasteiger partial charge in [-0.2, -0.15) is 0 Å². The Labute approximate surface area is 161 Å². The van der Waals surface area contributed by atoms with Crippen molar-refractivity contribution >= 4 is 12.0 Å². The molecule has 0 spiro atoms. The van der Waals surface area contributed by atoms with Gasteiger partial charge in [0.15, 0.2) is 0 Å². The molecule has 27 heavy (non-hydrogen) atoms. The lowest BCUT2D eigenvalue weighted by Gasteiger charge is -2.42. The molecule has 1 saturated carbocycles. The van der Waals surface area contributed by atoms with Crippen LogP contribution in [0.4, 0.5) is 4.79 Å². The number of hydrogen-bond acceptors (Lipinski definition) is 4. The summed E-state index contributed by atoms with van der Waals surface area (Å²) in [4.78, 5) is 24.7. The Morgan fingerprint density at radius 3 is 2.63 bits per heavy atom. The molecule has 0 radical (unpaired) electrons. The second kappa shape index (κ2) is 10.2. The van der Waals surface area contributed by atoms with Crippen molar-refractivity contribution in [3.05, 3.63) is 29.8 Å². The number of para-hydroxylation sites is 1. The molecule has 1 aliphatic rings. The highest BCUT2D eigenvalue weighted by Crippen LogP contribution is 2.26. The number of benzene rings is 1. The van der Waals surface area contributed by atoms with Crippen LogP contribution in [-0.2, 0) is 4.79 Å². The zero-order valence-electron chi connectivity index (χ0n) is 16.4. The Morgan fingerprint density at radius 1 is 1.30 bits per heavy atom. The summed E-state index contributed by atoms with van der Waals surface area (Å²) < 4.78 is 5.79. The molecule has 0 bridgehead atoms. The summed E-state index contributed by atoms with van der Waals surface area (Å²) in [6, 6.07) is 8.06. The van der Waals surface area contributed by atoms with Crippen molar-refractivity contribution in [3.8, 4) is 5.75 Å². The van der Waals surface area contributed by atoms with Gasteiger partial charge in [0.25, 0.3) is 0 Å². The fraction of sp³-hybridized carbons (Fsp3) is 0.600. The Balaban J connectivity index is 1.63. The van der Waals surface area contributed by atoms with Gasteiger partial charge >= 0.3 is 12.0 Å². The zero-order chi connectivity index (χ0) is 19.8. The molecule has 0 atom stereocenters. The van der Waals surface area contributed by atoms with Crippen molar-refractivity contribution in [2.45, 2.75) is 51.6 Å². The molecule has 0 aliphatic heterocycles. The molecule has 0 aromatic heterocycles. The third kappa shape index (κ3) is 6.43. The molecule has 1 aliphatic carbocycles. The van der Waals surface area contributed by atoms with Gasteiger partial charge in [-0.1, -0.05) is 39.0 Å². The highest BCUT2D eigenvalue weighted by atomic mass is 16.5. The van der Waals surface area contributed by atoms with Gasteiger partial charge in [0.1, 0.15) is 12.4 Å². The van der Waals surface area contributed by atoms with Gasteiger partial charge in [-0.05, 0) is 36.9 Å². The van der Waals surface area contributed by atoms with Crippen molar-refractivity contribution in [2.75, 3.05) is 26.2 Å². The predicted octanol–water partition coefficient (Wildman–Crippen LogP) is 2.43. The van der Waals surface area contributed by atoms with Gasteiger partial charge in [-0.15, -0.1) is 0 Å². The lowest BCUT2D eigenvalue weighted by Crippen LogP contribution is -2.56. The number of amides is 2. The standard InChI is InChI=1S/C20H31N3O4/c1-4-23(13-19(24)25)16-11-15(12-16)22-20(26)21-9-10-27-18-8-6-5-7-17(18)14(2)3/h5-8,14-16H,4,9-13H2,1-3H3,(H,24,25)(H2,21,22,26). The van der Waals surface area contributed by atoms with E-state index in [4.69, 9.17) is 9.84 Å². The first-order chi connectivity index (χ1) is 12.9. The van der Waals surface area contributed by atoms with E-state index in [1.165, 1.54) is 0 Å². The Hall–Kier alpha value is -2.28. The highest BCUT2D eigenvalue weighted by molar-refractivity contribution is 5.74. The predicted molar refractivity (Wildman–Crippen MR) is 104 cm³/mol. The number of ether oxygens (including phenoxy) is 1. The molecule has 1 aromatic rings. The zero-order valence-corrected chi connectivity index (χ0v) is 16.4. The second-order valence-electron chi connectivity index (χ2n) is 7.22. The van der Waals surface area contributed by atoms with Crippen molar-refractivity contribution < 1.29 is 19.4 Å². The minimum atomic E-state index is -0.815. The maximum Gasteiger partial charge on any atom is 0.317 e. The van der Waals surface area contributed by atoms with Crippen LogP contribution in [0.25, 0.3) is 0 Å². The SMILES string of the molecule is CCN(CC(=O)O)C1CC(NC(=O)NCCOc2ccccc2C(C)C)C1. The number of nitrogens with zero attached hydrogens (tertiary/aromatic N) is 1. The Kier molecular flexibility index (Phi) is 7.91. The number of aliphatic carboxylic acids is 1.